The van der Waals surface area contributed by atoms with Crippen molar-refractivity contribution in [3.63, 3.8) is 0 Å². The Kier molecular flexibility index (Phi) is 6.35. The van der Waals surface area contributed by atoms with Gasteiger partial charge in [0.2, 0.25) is 0 Å². The average molecular weight is 354 g/mol. The molecular formula is C17H17F3N2O3. The first-order valence-electron chi connectivity index (χ1n) is 7.41. The summed E-state index contributed by atoms with van der Waals surface area (Å²) in [6, 6.07) is 8.01. The van der Waals surface area contributed by atoms with Crippen molar-refractivity contribution in [1.82, 2.24) is 10.3 Å². The van der Waals surface area contributed by atoms with Gasteiger partial charge in [-0.3, -0.25) is 4.79 Å². The number of alkyl halides is 2. The van der Waals surface area contributed by atoms with Gasteiger partial charge in [-0.05, 0) is 25.1 Å². The van der Waals surface area contributed by atoms with Gasteiger partial charge in [0, 0.05) is 12.7 Å². The fourth-order valence-corrected chi connectivity index (χ4v) is 2.35. The number of nitrogens with one attached hydrogen (secondary N) is 1. The molecule has 0 spiro atoms. The summed E-state index contributed by atoms with van der Waals surface area (Å²) in [7, 11) is 1.41. The first-order valence-corrected chi connectivity index (χ1v) is 7.41. The van der Waals surface area contributed by atoms with Crippen LogP contribution in [-0.4, -0.2) is 30.7 Å². The van der Waals surface area contributed by atoms with Crippen LogP contribution in [0.5, 0.6) is 5.75 Å². The summed E-state index contributed by atoms with van der Waals surface area (Å²) in [5.74, 6) is -1.14. The molecule has 0 aliphatic heterocycles. The molecule has 0 saturated carbocycles. The molecule has 2 aromatic rings. The lowest BCUT2D eigenvalue weighted by Crippen LogP contribution is -2.38. The summed E-state index contributed by atoms with van der Waals surface area (Å²) < 4.78 is 47.6. The number of hydrogen-bond acceptors (Lipinski definition) is 4. The van der Waals surface area contributed by atoms with Crippen molar-refractivity contribution in [2.24, 2.45) is 0 Å². The van der Waals surface area contributed by atoms with E-state index in [1.165, 1.54) is 25.3 Å². The molecule has 2 atom stereocenters. The Labute approximate surface area is 142 Å². The Morgan fingerprint density at radius 3 is 2.48 bits per heavy atom. The summed E-state index contributed by atoms with van der Waals surface area (Å²) in [4.78, 5) is 16.0. The van der Waals surface area contributed by atoms with E-state index in [0.29, 0.717) is 5.56 Å². The number of methoxy groups -OCH3 is 1. The molecule has 0 aliphatic carbocycles. The largest absolute Gasteiger partial charge is 0.433 e. The van der Waals surface area contributed by atoms with Crippen LogP contribution in [0.3, 0.4) is 0 Å². The van der Waals surface area contributed by atoms with Crippen molar-refractivity contribution < 1.29 is 27.4 Å². The number of aromatic nitrogens is 1. The molecule has 0 aliphatic rings. The van der Waals surface area contributed by atoms with Crippen LogP contribution in [0.4, 0.5) is 13.2 Å². The van der Waals surface area contributed by atoms with Crippen LogP contribution >= 0.6 is 0 Å². The Morgan fingerprint density at radius 1 is 1.20 bits per heavy atom. The average Bonchev–Trinajstić information content (AvgIpc) is 2.57. The molecule has 2 unspecified atom stereocenters. The zero-order chi connectivity index (χ0) is 18.4. The second-order valence-corrected chi connectivity index (χ2v) is 5.20. The predicted octanol–water partition coefficient (Wildman–Crippen LogP) is 3.33. The molecule has 1 N–H and O–H groups in total. The summed E-state index contributed by atoms with van der Waals surface area (Å²) >= 11 is 0. The minimum absolute atomic E-state index is 0.0110. The summed E-state index contributed by atoms with van der Waals surface area (Å²) in [6.07, 6.45) is 0.322. The number of rotatable bonds is 7. The minimum Gasteiger partial charge on any atom is -0.433 e. The third-order valence-electron chi connectivity index (χ3n) is 3.47. The van der Waals surface area contributed by atoms with E-state index in [2.05, 4.69) is 15.0 Å². The molecule has 134 valence electrons. The molecule has 1 amide bonds. The van der Waals surface area contributed by atoms with Gasteiger partial charge in [0.05, 0.1) is 12.2 Å². The molecule has 0 radical (unpaired) electrons. The SMILES string of the molecule is COC(c1ccccc1F)C(C)NC(=O)c1ccc(OC(F)F)cn1. The van der Waals surface area contributed by atoms with Crippen LogP contribution < -0.4 is 10.1 Å². The molecule has 5 nitrogen and oxygen atoms in total. The quantitative estimate of drug-likeness (QED) is 0.829. The highest BCUT2D eigenvalue weighted by Gasteiger charge is 2.24. The van der Waals surface area contributed by atoms with Crippen molar-refractivity contribution in [3.05, 3.63) is 59.7 Å². The highest BCUT2D eigenvalue weighted by Crippen LogP contribution is 2.23. The van der Waals surface area contributed by atoms with Crippen LogP contribution in [0.1, 0.15) is 29.1 Å². The minimum atomic E-state index is -2.97. The van der Waals surface area contributed by atoms with Gasteiger partial charge < -0.3 is 14.8 Å². The van der Waals surface area contributed by atoms with E-state index in [1.54, 1.807) is 25.1 Å². The molecule has 1 heterocycles. The maximum absolute atomic E-state index is 13.9. The normalized spacial score (nSPS) is 13.4. The van der Waals surface area contributed by atoms with Gasteiger partial charge in [-0.2, -0.15) is 8.78 Å². The van der Waals surface area contributed by atoms with Crippen molar-refractivity contribution in [2.75, 3.05) is 7.11 Å². The number of ether oxygens (including phenoxy) is 2. The third-order valence-corrected chi connectivity index (χ3v) is 3.47. The maximum Gasteiger partial charge on any atom is 0.387 e. The Balaban J connectivity index is 2.07. The van der Waals surface area contributed by atoms with Gasteiger partial charge in [-0.1, -0.05) is 18.2 Å². The van der Waals surface area contributed by atoms with Gasteiger partial charge in [-0.15, -0.1) is 0 Å². The van der Waals surface area contributed by atoms with E-state index in [4.69, 9.17) is 4.74 Å². The van der Waals surface area contributed by atoms with Gasteiger partial charge in [0.1, 0.15) is 23.4 Å². The van der Waals surface area contributed by atoms with E-state index in [9.17, 15) is 18.0 Å². The highest BCUT2D eigenvalue weighted by atomic mass is 19.3. The number of carbonyl (C=O) groups is 1. The van der Waals surface area contributed by atoms with Crippen molar-refractivity contribution in [3.8, 4) is 5.75 Å². The number of benzene rings is 1. The van der Waals surface area contributed by atoms with Crippen LogP contribution in [0.25, 0.3) is 0 Å². The smallest absolute Gasteiger partial charge is 0.387 e. The lowest BCUT2D eigenvalue weighted by atomic mass is 10.0. The van der Waals surface area contributed by atoms with Crippen LogP contribution in [0.15, 0.2) is 42.6 Å². The number of nitrogens with zero attached hydrogens (tertiary/aromatic N) is 1. The van der Waals surface area contributed by atoms with Gasteiger partial charge in [0.15, 0.2) is 0 Å². The maximum atomic E-state index is 13.9. The molecule has 0 fully saturated rings. The van der Waals surface area contributed by atoms with E-state index in [-0.39, 0.29) is 11.4 Å². The Morgan fingerprint density at radius 2 is 1.92 bits per heavy atom. The van der Waals surface area contributed by atoms with Gasteiger partial charge in [0.25, 0.3) is 5.91 Å². The topological polar surface area (TPSA) is 60.5 Å². The Bertz CT molecular complexity index is 711. The van der Waals surface area contributed by atoms with E-state index >= 15 is 0 Å². The number of hydrogen-bond donors (Lipinski definition) is 1. The zero-order valence-corrected chi connectivity index (χ0v) is 13.6. The second-order valence-electron chi connectivity index (χ2n) is 5.20. The molecule has 1 aromatic carbocycles. The first kappa shape index (κ1) is 18.7. The van der Waals surface area contributed by atoms with E-state index in [1.807, 2.05) is 0 Å². The van der Waals surface area contributed by atoms with Crippen molar-refractivity contribution in [2.45, 2.75) is 25.7 Å². The van der Waals surface area contributed by atoms with Gasteiger partial charge in [-0.25, -0.2) is 9.37 Å². The standard InChI is InChI=1S/C17H17F3N2O3/c1-10(15(24-2)12-5-3-4-6-13(12)18)22-16(23)14-8-7-11(9-21-14)25-17(19)20/h3-10,15,17H,1-2H3,(H,22,23). The Hall–Kier alpha value is -2.61. The van der Waals surface area contributed by atoms with Crippen LogP contribution in [-0.2, 0) is 4.74 Å². The van der Waals surface area contributed by atoms with E-state index in [0.717, 1.165) is 6.20 Å². The molecule has 8 heteroatoms. The number of halogens is 3. The van der Waals surface area contributed by atoms with Crippen LogP contribution in [0, 0.1) is 5.82 Å². The van der Waals surface area contributed by atoms with Gasteiger partial charge >= 0.3 is 6.61 Å². The predicted molar refractivity (Wildman–Crippen MR) is 83.9 cm³/mol. The van der Waals surface area contributed by atoms with E-state index < -0.39 is 30.5 Å². The lowest BCUT2D eigenvalue weighted by molar-refractivity contribution is -0.0500. The zero-order valence-electron chi connectivity index (χ0n) is 13.6. The summed E-state index contributed by atoms with van der Waals surface area (Å²) in [5, 5.41) is 2.65. The first-order chi connectivity index (χ1) is 11.9. The number of pyridine rings is 1. The fourth-order valence-electron chi connectivity index (χ4n) is 2.35. The summed E-state index contributed by atoms with van der Waals surface area (Å²) in [5.41, 5.74) is 0.322. The highest BCUT2D eigenvalue weighted by molar-refractivity contribution is 5.92. The monoisotopic (exact) mass is 354 g/mol. The lowest BCUT2D eigenvalue weighted by Gasteiger charge is -2.24. The molecule has 1 aromatic heterocycles. The fraction of sp³-hybridized carbons (Fsp3) is 0.294. The van der Waals surface area contributed by atoms with Crippen molar-refractivity contribution >= 4 is 5.91 Å². The molecule has 0 saturated heterocycles. The third kappa shape index (κ3) is 4.93. The molecule has 25 heavy (non-hydrogen) atoms. The molecular weight excluding hydrogens is 337 g/mol. The number of carbonyl (C=O) groups excluding carboxylic acids is 1. The number of amides is 1. The summed E-state index contributed by atoms with van der Waals surface area (Å²) in [6.45, 7) is -1.31. The second kappa shape index (κ2) is 8.48. The molecule has 0 bridgehead atoms. The molecule has 2 rings (SSSR count). The van der Waals surface area contributed by atoms with Crippen molar-refractivity contribution in [1.29, 1.82) is 0 Å². The van der Waals surface area contributed by atoms with Crippen LogP contribution in [0.2, 0.25) is 0 Å².